The van der Waals surface area contributed by atoms with Crippen molar-refractivity contribution >= 4 is 29.1 Å². The fourth-order valence-electron chi connectivity index (χ4n) is 2.16. The number of anilines is 1. The van der Waals surface area contributed by atoms with Crippen molar-refractivity contribution in [2.24, 2.45) is 0 Å². The Labute approximate surface area is 124 Å². The second-order valence-electron chi connectivity index (χ2n) is 4.61. The van der Waals surface area contributed by atoms with Crippen molar-refractivity contribution in [2.45, 2.75) is 6.54 Å². The summed E-state index contributed by atoms with van der Waals surface area (Å²) in [5.74, 6) is -1.30. The first-order valence-corrected chi connectivity index (χ1v) is 6.60. The fourth-order valence-corrected chi connectivity index (χ4v) is 2.35. The third kappa shape index (κ3) is 2.48. The van der Waals surface area contributed by atoms with Gasteiger partial charge in [-0.2, -0.15) is 0 Å². The van der Waals surface area contributed by atoms with Gasteiger partial charge >= 0.3 is 0 Å². The molecule has 0 saturated heterocycles. The average molecular weight is 305 g/mol. The van der Waals surface area contributed by atoms with E-state index in [4.69, 9.17) is 11.6 Å². The minimum Gasteiger partial charge on any atom is -0.381 e. The molecule has 0 radical (unpaired) electrons. The molecule has 2 amide bonds. The van der Waals surface area contributed by atoms with Gasteiger partial charge in [0.25, 0.3) is 11.8 Å². The van der Waals surface area contributed by atoms with Crippen LogP contribution in [0.1, 0.15) is 26.3 Å². The molecule has 1 aliphatic rings. The molecule has 0 bridgehead atoms. The van der Waals surface area contributed by atoms with E-state index >= 15 is 0 Å². The monoisotopic (exact) mass is 304 g/mol. The van der Waals surface area contributed by atoms with Crippen molar-refractivity contribution in [2.75, 3.05) is 5.32 Å². The highest BCUT2D eigenvalue weighted by molar-refractivity contribution is 6.30. The molecular formula is C15H10ClFN2O2. The van der Waals surface area contributed by atoms with Crippen molar-refractivity contribution in [1.82, 2.24) is 5.32 Å². The van der Waals surface area contributed by atoms with Crippen LogP contribution in [0.4, 0.5) is 10.1 Å². The number of carbonyl (C=O) groups is 2. The van der Waals surface area contributed by atoms with Crippen LogP contribution in [0.3, 0.4) is 0 Å². The summed E-state index contributed by atoms with van der Waals surface area (Å²) >= 11 is 5.71. The lowest BCUT2D eigenvalue weighted by Gasteiger charge is -2.09. The molecule has 0 fully saturated rings. The lowest BCUT2D eigenvalue weighted by atomic mass is 10.1. The highest BCUT2D eigenvalue weighted by Gasteiger charge is 2.26. The van der Waals surface area contributed by atoms with E-state index in [1.54, 1.807) is 30.3 Å². The van der Waals surface area contributed by atoms with E-state index < -0.39 is 17.6 Å². The van der Waals surface area contributed by atoms with Gasteiger partial charge in [0, 0.05) is 17.8 Å². The Morgan fingerprint density at radius 2 is 1.86 bits per heavy atom. The number of rotatable bonds is 3. The molecule has 0 spiro atoms. The number of fused-ring (bicyclic) bond motifs is 1. The predicted octanol–water partition coefficient (Wildman–Crippen LogP) is 2.97. The highest BCUT2D eigenvalue weighted by Crippen LogP contribution is 2.22. The lowest BCUT2D eigenvalue weighted by Crippen LogP contribution is -2.19. The van der Waals surface area contributed by atoms with Crippen molar-refractivity contribution in [3.63, 3.8) is 0 Å². The maximum atomic E-state index is 13.8. The van der Waals surface area contributed by atoms with Gasteiger partial charge in [-0.3, -0.25) is 14.9 Å². The van der Waals surface area contributed by atoms with E-state index in [1.807, 2.05) is 0 Å². The number of nitrogens with one attached hydrogen (secondary N) is 2. The van der Waals surface area contributed by atoms with E-state index in [2.05, 4.69) is 10.6 Å². The Balaban J connectivity index is 1.81. The van der Waals surface area contributed by atoms with Crippen LogP contribution < -0.4 is 10.6 Å². The fraction of sp³-hybridized carbons (Fsp3) is 0.0667. The number of benzene rings is 2. The van der Waals surface area contributed by atoms with Crippen molar-refractivity contribution in [3.8, 4) is 0 Å². The van der Waals surface area contributed by atoms with Gasteiger partial charge in [0.2, 0.25) is 0 Å². The first kappa shape index (κ1) is 13.6. The van der Waals surface area contributed by atoms with Gasteiger partial charge < -0.3 is 5.32 Å². The zero-order valence-electron chi connectivity index (χ0n) is 10.7. The molecule has 6 heteroatoms. The number of carbonyl (C=O) groups excluding carboxylic acids is 2. The van der Waals surface area contributed by atoms with Gasteiger partial charge in [-0.05, 0) is 24.3 Å². The Kier molecular flexibility index (Phi) is 3.35. The molecule has 4 nitrogen and oxygen atoms in total. The SMILES string of the molecule is O=C1NC(=O)c2cc(NCc3cccc(Cl)c3F)ccc21. The summed E-state index contributed by atoms with van der Waals surface area (Å²) < 4.78 is 13.8. The number of amides is 2. The third-order valence-corrected chi connectivity index (χ3v) is 3.54. The summed E-state index contributed by atoms with van der Waals surface area (Å²) in [5.41, 5.74) is 1.71. The molecular weight excluding hydrogens is 295 g/mol. The summed E-state index contributed by atoms with van der Waals surface area (Å²) in [6.45, 7) is 0.223. The van der Waals surface area contributed by atoms with Crippen molar-refractivity contribution in [1.29, 1.82) is 0 Å². The Morgan fingerprint density at radius 3 is 2.67 bits per heavy atom. The highest BCUT2D eigenvalue weighted by atomic mass is 35.5. The van der Waals surface area contributed by atoms with E-state index in [1.165, 1.54) is 6.07 Å². The van der Waals surface area contributed by atoms with Gasteiger partial charge in [-0.1, -0.05) is 23.7 Å². The molecule has 0 aliphatic carbocycles. The second kappa shape index (κ2) is 5.18. The van der Waals surface area contributed by atoms with Crippen molar-refractivity contribution < 1.29 is 14.0 Å². The van der Waals surface area contributed by atoms with Gasteiger partial charge in [-0.15, -0.1) is 0 Å². The van der Waals surface area contributed by atoms with Crippen LogP contribution in [-0.4, -0.2) is 11.8 Å². The molecule has 2 N–H and O–H groups in total. The second-order valence-corrected chi connectivity index (χ2v) is 5.02. The van der Waals surface area contributed by atoms with E-state index in [9.17, 15) is 14.0 Å². The number of hydrogen-bond acceptors (Lipinski definition) is 3. The van der Waals surface area contributed by atoms with Crippen LogP contribution in [-0.2, 0) is 6.54 Å². The Bertz CT molecular complexity index is 761. The van der Waals surface area contributed by atoms with Crippen LogP contribution in [0.2, 0.25) is 5.02 Å². The first-order chi connectivity index (χ1) is 10.1. The maximum Gasteiger partial charge on any atom is 0.259 e. The van der Waals surface area contributed by atoms with Gasteiger partial charge in [0.1, 0.15) is 5.82 Å². The molecule has 0 aromatic heterocycles. The normalized spacial score (nSPS) is 13.0. The third-order valence-electron chi connectivity index (χ3n) is 3.25. The molecule has 1 heterocycles. The summed E-state index contributed by atoms with van der Waals surface area (Å²) in [7, 11) is 0. The summed E-state index contributed by atoms with van der Waals surface area (Å²) in [6, 6.07) is 9.56. The number of halogens is 2. The largest absolute Gasteiger partial charge is 0.381 e. The molecule has 21 heavy (non-hydrogen) atoms. The standard InChI is InChI=1S/C15H10ClFN2O2/c16-12-3-1-2-8(13(12)17)7-18-9-4-5-10-11(6-9)15(21)19-14(10)20/h1-6,18H,7H2,(H,19,20,21). The molecule has 2 aromatic carbocycles. The van der Waals surface area contributed by atoms with Crippen LogP contribution in [0.15, 0.2) is 36.4 Å². The zero-order valence-corrected chi connectivity index (χ0v) is 11.5. The maximum absolute atomic E-state index is 13.8. The van der Waals surface area contributed by atoms with Gasteiger partial charge in [0.15, 0.2) is 0 Å². The topological polar surface area (TPSA) is 58.2 Å². The van der Waals surface area contributed by atoms with Crippen LogP contribution in [0.5, 0.6) is 0 Å². The van der Waals surface area contributed by atoms with E-state index in [-0.39, 0.29) is 11.6 Å². The lowest BCUT2D eigenvalue weighted by molar-refractivity contribution is 0.0879. The van der Waals surface area contributed by atoms with Gasteiger partial charge in [-0.25, -0.2) is 4.39 Å². The quantitative estimate of drug-likeness (QED) is 0.857. The molecule has 1 aliphatic heterocycles. The molecule has 3 rings (SSSR count). The molecule has 0 atom stereocenters. The first-order valence-electron chi connectivity index (χ1n) is 6.23. The number of hydrogen-bond donors (Lipinski definition) is 2. The smallest absolute Gasteiger partial charge is 0.259 e. The van der Waals surface area contributed by atoms with E-state index in [0.717, 1.165) is 0 Å². The summed E-state index contributed by atoms with van der Waals surface area (Å²) in [5, 5.41) is 5.28. The summed E-state index contributed by atoms with van der Waals surface area (Å²) in [4.78, 5) is 23.0. The Hall–Kier alpha value is -2.40. The molecule has 0 unspecified atom stereocenters. The van der Waals surface area contributed by atoms with Crippen LogP contribution in [0.25, 0.3) is 0 Å². The predicted molar refractivity (Wildman–Crippen MR) is 77.0 cm³/mol. The van der Waals surface area contributed by atoms with Gasteiger partial charge in [0.05, 0.1) is 16.1 Å². The van der Waals surface area contributed by atoms with Crippen molar-refractivity contribution in [3.05, 3.63) is 63.9 Å². The minimum atomic E-state index is -0.472. The summed E-state index contributed by atoms with van der Waals surface area (Å²) in [6.07, 6.45) is 0. The zero-order chi connectivity index (χ0) is 15.0. The minimum absolute atomic E-state index is 0.0632. The van der Waals surface area contributed by atoms with E-state index in [0.29, 0.717) is 22.4 Å². The molecule has 106 valence electrons. The number of imide groups is 1. The Morgan fingerprint density at radius 1 is 1.10 bits per heavy atom. The average Bonchev–Trinajstić information content (AvgIpc) is 2.75. The molecule has 2 aromatic rings. The van der Waals surface area contributed by atoms with Crippen LogP contribution in [0, 0.1) is 5.82 Å². The van der Waals surface area contributed by atoms with Crippen LogP contribution >= 0.6 is 11.6 Å². The molecule has 0 saturated carbocycles.